The molecule has 0 saturated heterocycles. The van der Waals surface area contributed by atoms with Crippen molar-refractivity contribution in [3.05, 3.63) is 23.3 Å². The second-order valence-electron chi connectivity index (χ2n) is 3.33. The smallest absolute Gasteiger partial charge is 0.410 e. The van der Waals surface area contributed by atoms with Crippen LogP contribution in [0.4, 0.5) is 10.5 Å². The molecule has 1 rings (SSSR count). The minimum Gasteiger partial charge on any atom is -0.410 e. The van der Waals surface area contributed by atoms with Crippen molar-refractivity contribution < 1.29 is 14.3 Å². The van der Waals surface area contributed by atoms with Crippen molar-refractivity contribution in [2.75, 3.05) is 12.4 Å². The molecular weight excluding hydrogens is 208 g/mol. The molecule has 0 aliphatic carbocycles. The van der Waals surface area contributed by atoms with Gasteiger partial charge in [-0.3, -0.25) is 4.79 Å². The third kappa shape index (κ3) is 2.73. The van der Waals surface area contributed by atoms with Crippen molar-refractivity contribution in [1.82, 2.24) is 5.32 Å². The van der Waals surface area contributed by atoms with Crippen molar-refractivity contribution in [3.8, 4) is 5.75 Å². The van der Waals surface area contributed by atoms with Crippen LogP contribution in [0.1, 0.15) is 11.1 Å². The summed E-state index contributed by atoms with van der Waals surface area (Å²) >= 11 is 0. The molecule has 0 radical (unpaired) electrons. The molecule has 0 bridgehead atoms. The fraction of sp³-hybridized carbons (Fsp3) is 0.273. The van der Waals surface area contributed by atoms with Gasteiger partial charge >= 0.3 is 6.09 Å². The van der Waals surface area contributed by atoms with Crippen molar-refractivity contribution >= 4 is 18.2 Å². The molecule has 0 saturated carbocycles. The Kier molecular flexibility index (Phi) is 3.88. The van der Waals surface area contributed by atoms with Gasteiger partial charge in [0.05, 0.1) is 0 Å². The Balaban J connectivity index is 2.99. The van der Waals surface area contributed by atoms with Gasteiger partial charge in [0.15, 0.2) is 0 Å². The van der Waals surface area contributed by atoms with Crippen LogP contribution in [0.3, 0.4) is 0 Å². The molecule has 0 aliphatic rings. The van der Waals surface area contributed by atoms with E-state index in [1.165, 1.54) is 7.05 Å². The van der Waals surface area contributed by atoms with Crippen molar-refractivity contribution in [2.45, 2.75) is 13.8 Å². The minimum absolute atomic E-state index is 0.450. The highest BCUT2D eigenvalue weighted by Gasteiger charge is 2.07. The summed E-state index contributed by atoms with van der Waals surface area (Å²) < 4.78 is 4.99. The molecule has 0 fully saturated rings. The van der Waals surface area contributed by atoms with Gasteiger partial charge in [-0.25, -0.2) is 4.79 Å². The molecule has 0 atom stereocenters. The van der Waals surface area contributed by atoms with Gasteiger partial charge in [0.1, 0.15) is 5.75 Å². The van der Waals surface area contributed by atoms with Gasteiger partial charge in [0.25, 0.3) is 0 Å². The van der Waals surface area contributed by atoms with Gasteiger partial charge in [0, 0.05) is 12.7 Å². The number of hydrogen-bond donors (Lipinski definition) is 2. The number of anilines is 1. The number of aryl methyl sites for hydroxylation is 2. The zero-order valence-corrected chi connectivity index (χ0v) is 9.46. The van der Waals surface area contributed by atoms with E-state index in [-0.39, 0.29) is 0 Å². The monoisotopic (exact) mass is 222 g/mol. The highest BCUT2D eigenvalue weighted by molar-refractivity contribution is 5.77. The number of amides is 2. The van der Waals surface area contributed by atoms with Crippen LogP contribution in [0.25, 0.3) is 0 Å². The van der Waals surface area contributed by atoms with Crippen LogP contribution in [0.15, 0.2) is 12.1 Å². The second-order valence-corrected chi connectivity index (χ2v) is 3.33. The summed E-state index contributed by atoms with van der Waals surface area (Å²) in [5.74, 6) is 0.450. The minimum atomic E-state index is -0.519. The van der Waals surface area contributed by atoms with Crippen molar-refractivity contribution in [3.63, 3.8) is 0 Å². The summed E-state index contributed by atoms with van der Waals surface area (Å²) in [5.41, 5.74) is 2.41. The largest absolute Gasteiger partial charge is 0.412 e. The Morgan fingerprint density at radius 3 is 2.31 bits per heavy atom. The highest BCUT2D eigenvalue weighted by Crippen LogP contribution is 2.25. The lowest BCUT2D eigenvalue weighted by Crippen LogP contribution is -2.22. The first-order chi connectivity index (χ1) is 7.58. The van der Waals surface area contributed by atoms with Crippen LogP contribution < -0.4 is 15.4 Å². The molecular formula is C11H14N2O3. The first-order valence-corrected chi connectivity index (χ1v) is 4.79. The molecule has 16 heavy (non-hydrogen) atoms. The molecule has 0 aliphatic heterocycles. The van der Waals surface area contributed by atoms with Gasteiger partial charge in [-0.15, -0.1) is 0 Å². The Morgan fingerprint density at radius 1 is 1.31 bits per heavy atom. The SMILES string of the molecule is CNC(=O)Oc1cc(C)c(NC=O)c(C)c1. The molecule has 2 N–H and O–H groups in total. The third-order valence-electron chi connectivity index (χ3n) is 2.12. The number of hydrogen-bond acceptors (Lipinski definition) is 3. The first kappa shape index (κ1) is 12.0. The van der Waals surface area contributed by atoms with Crippen LogP contribution in [-0.2, 0) is 4.79 Å². The molecule has 1 aromatic carbocycles. The van der Waals surface area contributed by atoms with E-state index in [0.717, 1.165) is 16.8 Å². The second kappa shape index (κ2) is 5.16. The maximum Gasteiger partial charge on any atom is 0.412 e. The van der Waals surface area contributed by atoms with Gasteiger partial charge in [-0.05, 0) is 37.1 Å². The van der Waals surface area contributed by atoms with E-state index in [1.54, 1.807) is 12.1 Å². The number of benzene rings is 1. The van der Waals surface area contributed by atoms with E-state index in [1.807, 2.05) is 13.8 Å². The predicted octanol–water partition coefficient (Wildman–Crippen LogP) is 1.59. The van der Waals surface area contributed by atoms with Crippen LogP contribution in [0.2, 0.25) is 0 Å². The molecule has 0 aromatic heterocycles. The lowest BCUT2D eigenvalue weighted by molar-refractivity contribution is -0.105. The molecule has 5 nitrogen and oxygen atoms in total. The molecule has 86 valence electrons. The van der Waals surface area contributed by atoms with Crippen LogP contribution in [-0.4, -0.2) is 19.6 Å². The third-order valence-corrected chi connectivity index (χ3v) is 2.12. The lowest BCUT2D eigenvalue weighted by Gasteiger charge is -2.11. The Bertz CT molecular complexity index is 393. The van der Waals surface area contributed by atoms with Gasteiger partial charge < -0.3 is 15.4 Å². The average molecular weight is 222 g/mol. The normalized spacial score (nSPS) is 9.44. The maximum atomic E-state index is 11.0. The summed E-state index contributed by atoms with van der Waals surface area (Å²) in [4.78, 5) is 21.4. The number of nitrogens with one attached hydrogen (secondary N) is 2. The summed E-state index contributed by atoms with van der Waals surface area (Å²) in [7, 11) is 1.49. The molecule has 0 unspecified atom stereocenters. The highest BCUT2D eigenvalue weighted by atomic mass is 16.5. The average Bonchev–Trinajstić information content (AvgIpc) is 2.23. The number of rotatable bonds is 3. The van der Waals surface area contributed by atoms with Crippen LogP contribution in [0.5, 0.6) is 5.75 Å². The maximum absolute atomic E-state index is 11.0. The van der Waals surface area contributed by atoms with Crippen LogP contribution >= 0.6 is 0 Å². The predicted molar refractivity (Wildman–Crippen MR) is 60.7 cm³/mol. The van der Waals surface area contributed by atoms with E-state index in [4.69, 9.17) is 4.74 Å². The Labute approximate surface area is 93.8 Å². The number of carbonyl (C=O) groups excluding carboxylic acids is 2. The van der Waals surface area contributed by atoms with Gasteiger partial charge in [0.2, 0.25) is 6.41 Å². The Hall–Kier alpha value is -2.04. The number of carbonyl (C=O) groups is 2. The quantitative estimate of drug-likeness (QED) is 0.763. The fourth-order valence-corrected chi connectivity index (χ4v) is 1.43. The molecule has 0 heterocycles. The topological polar surface area (TPSA) is 67.4 Å². The van der Waals surface area contributed by atoms with E-state index in [2.05, 4.69) is 10.6 Å². The van der Waals surface area contributed by atoms with E-state index in [0.29, 0.717) is 12.2 Å². The van der Waals surface area contributed by atoms with E-state index >= 15 is 0 Å². The number of ether oxygens (including phenoxy) is 1. The Morgan fingerprint density at radius 2 is 1.88 bits per heavy atom. The van der Waals surface area contributed by atoms with Gasteiger partial charge in [-0.2, -0.15) is 0 Å². The fourth-order valence-electron chi connectivity index (χ4n) is 1.43. The summed E-state index contributed by atoms with van der Waals surface area (Å²) in [5, 5.41) is 4.96. The zero-order chi connectivity index (χ0) is 12.1. The standard InChI is InChI=1S/C11H14N2O3/c1-7-4-9(16-11(15)12-3)5-8(2)10(7)13-6-14/h4-6H,1-3H3,(H,12,15)(H,13,14). The van der Waals surface area contributed by atoms with E-state index < -0.39 is 6.09 Å². The molecule has 2 amide bonds. The van der Waals surface area contributed by atoms with E-state index in [9.17, 15) is 9.59 Å². The van der Waals surface area contributed by atoms with Gasteiger partial charge in [-0.1, -0.05) is 0 Å². The molecule has 1 aromatic rings. The van der Waals surface area contributed by atoms with Crippen molar-refractivity contribution in [2.24, 2.45) is 0 Å². The van der Waals surface area contributed by atoms with Crippen molar-refractivity contribution in [1.29, 1.82) is 0 Å². The summed E-state index contributed by atoms with van der Waals surface area (Å²) in [6, 6.07) is 3.38. The molecule has 5 heteroatoms. The lowest BCUT2D eigenvalue weighted by atomic mass is 10.1. The van der Waals surface area contributed by atoms with Crippen LogP contribution in [0, 0.1) is 13.8 Å². The summed E-state index contributed by atoms with van der Waals surface area (Å²) in [6.07, 6.45) is 0.101. The zero-order valence-electron chi connectivity index (χ0n) is 9.46. The molecule has 0 spiro atoms. The summed E-state index contributed by atoms with van der Waals surface area (Å²) in [6.45, 7) is 3.66. The first-order valence-electron chi connectivity index (χ1n) is 4.79.